The van der Waals surface area contributed by atoms with E-state index in [2.05, 4.69) is 5.92 Å². The number of carbonyl (C=O) groups is 3. The molecule has 0 radical (unpaired) electrons. The Morgan fingerprint density at radius 1 is 1.08 bits per heavy atom. The lowest BCUT2D eigenvalue weighted by Gasteiger charge is -2.40. The van der Waals surface area contributed by atoms with Gasteiger partial charge in [0.2, 0.25) is 0 Å². The molecule has 0 aromatic rings. The average molecular weight is 342 g/mol. The van der Waals surface area contributed by atoms with Crippen LogP contribution in [0.4, 0.5) is 0 Å². The van der Waals surface area contributed by atoms with Gasteiger partial charge < -0.3 is 23.7 Å². The predicted octanol–water partition coefficient (Wildman–Crippen LogP) is 0.220. The highest BCUT2D eigenvalue weighted by Gasteiger charge is 2.43. The summed E-state index contributed by atoms with van der Waals surface area (Å²) in [6, 6.07) is 0. The number of hydrogen-bond donors (Lipinski definition) is 0. The van der Waals surface area contributed by atoms with Gasteiger partial charge in [-0.1, -0.05) is 5.92 Å². The Morgan fingerprint density at radius 3 is 2.29 bits per heavy atom. The van der Waals surface area contributed by atoms with Crippen LogP contribution in [-0.4, -0.2) is 62.1 Å². The summed E-state index contributed by atoms with van der Waals surface area (Å²) in [6.45, 7) is 3.86. The van der Waals surface area contributed by atoms with Crippen molar-refractivity contribution in [1.29, 1.82) is 0 Å². The van der Waals surface area contributed by atoms with Crippen LogP contribution in [0.2, 0.25) is 0 Å². The van der Waals surface area contributed by atoms with Crippen molar-refractivity contribution in [3.8, 4) is 12.3 Å². The fourth-order valence-electron chi connectivity index (χ4n) is 2.37. The van der Waals surface area contributed by atoms with E-state index in [0.717, 1.165) is 0 Å². The van der Waals surface area contributed by atoms with Crippen LogP contribution < -0.4 is 0 Å². The van der Waals surface area contributed by atoms with E-state index in [9.17, 15) is 14.4 Å². The van der Waals surface area contributed by atoms with E-state index >= 15 is 0 Å². The molecule has 0 aromatic heterocycles. The maximum atomic E-state index is 11.4. The summed E-state index contributed by atoms with van der Waals surface area (Å²) in [5.41, 5.74) is 0. The molecule has 4 unspecified atom stereocenters. The molecule has 0 amide bonds. The summed E-state index contributed by atoms with van der Waals surface area (Å²) < 4.78 is 26.5. The van der Waals surface area contributed by atoms with Gasteiger partial charge >= 0.3 is 17.9 Å². The molecule has 24 heavy (non-hydrogen) atoms. The fraction of sp³-hybridized carbons (Fsp3) is 0.688. The van der Waals surface area contributed by atoms with Crippen molar-refractivity contribution < 1.29 is 38.1 Å². The molecule has 0 saturated carbocycles. The van der Waals surface area contributed by atoms with E-state index in [1.165, 1.54) is 20.8 Å². The Bertz CT molecular complexity index is 495. The first kappa shape index (κ1) is 19.9. The maximum absolute atomic E-state index is 11.4. The van der Waals surface area contributed by atoms with Crippen LogP contribution >= 0.6 is 0 Å². The summed E-state index contributed by atoms with van der Waals surface area (Å²) >= 11 is 0. The van der Waals surface area contributed by atoms with E-state index < -0.39 is 42.3 Å². The molecule has 1 aliphatic heterocycles. The van der Waals surface area contributed by atoms with Gasteiger partial charge in [-0.05, 0) is 0 Å². The first-order chi connectivity index (χ1) is 11.3. The number of terminal acetylenes is 1. The molecule has 0 N–H and O–H groups in total. The third kappa shape index (κ3) is 6.98. The van der Waals surface area contributed by atoms with Gasteiger partial charge in [0.05, 0.1) is 12.7 Å². The first-order valence-corrected chi connectivity index (χ1v) is 7.48. The highest BCUT2D eigenvalue weighted by Crippen LogP contribution is 2.26. The van der Waals surface area contributed by atoms with Gasteiger partial charge in [0.25, 0.3) is 0 Å². The lowest BCUT2D eigenvalue weighted by molar-refractivity contribution is -0.219. The second kappa shape index (κ2) is 9.90. The van der Waals surface area contributed by atoms with Gasteiger partial charge in [-0.25, -0.2) is 0 Å². The highest BCUT2D eigenvalue weighted by molar-refractivity contribution is 5.67. The first-order valence-electron chi connectivity index (χ1n) is 7.48. The third-order valence-corrected chi connectivity index (χ3v) is 3.15. The van der Waals surface area contributed by atoms with Crippen LogP contribution in [0.3, 0.4) is 0 Å². The summed E-state index contributed by atoms with van der Waals surface area (Å²) in [4.78, 5) is 33.7. The SMILES string of the molecule is C#CCOCC1OC(COC(C)=O)CC(OC(C)=O)C1OC(C)=O. The second-order valence-electron chi connectivity index (χ2n) is 5.28. The molecule has 1 rings (SSSR count). The molecule has 8 nitrogen and oxygen atoms in total. The van der Waals surface area contributed by atoms with Crippen molar-refractivity contribution in [2.75, 3.05) is 19.8 Å². The van der Waals surface area contributed by atoms with Crippen molar-refractivity contribution in [1.82, 2.24) is 0 Å². The summed E-state index contributed by atoms with van der Waals surface area (Å²) in [6.07, 6.45) is 2.55. The number of esters is 3. The van der Waals surface area contributed by atoms with Crippen molar-refractivity contribution in [3.05, 3.63) is 0 Å². The van der Waals surface area contributed by atoms with Crippen molar-refractivity contribution in [2.45, 2.75) is 51.6 Å². The van der Waals surface area contributed by atoms with Crippen LogP contribution in [0.25, 0.3) is 0 Å². The van der Waals surface area contributed by atoms with E-state index in [1.54, 1.807) is 0 Å². The van der Waals surface area contributed by atoms with Crippen molar-refractivity contribution in [2.24, 2.45) is 0 Å². The largest absolute Gasteiger partial charge is 0.463 e. The molecule has 0 aromatic carbocycles. The summed E-state index contributed by atoms with van der Waals surface area (Å²) in [5.74, 6) is 0.803. The predicted molar refractivity (Wildman–Crippen MR) is 80.7 cm³/mol. The minimum Gasteiger partial charge on any atom is -0.463 e. The quantitative estimate of drug-likeness (QED) is 0.280. The highest BCUT2D eigenvalue weighted by atomic mass is 16.6. The van der Waals surface area contributed by atoms with Gasteiger partial charge in [0.15, 0.2) is 6.10 Å². The van der Waals surface area contributed by atoms with Gasteiger partial charge in [-0.3, -0.25) is 14.4 Å². The maximum Gasteiger partial charge on any atom is 0.303 e. The molecule has 0 spiro atoms. The van der Waals surface area contributed by atoms with Crippen LogP contribution in [0, 0.1) is 12.3 Å². The Balaban J connectivity index is 2.87. The van der Waals surface area contributed by atoms with Crippen LogP contribution in [0.15, 0.2) is 0 Å². The van der Waals surface area contributed by atoms with E-state index in [-0.39, 0.29) is 26.2 Å². The average Bonchev–Trinajstić information content (AvgIpc) is 2.47. The minimum absolute atomic E-state index is 0.00840. The number of carbonyl (C=O) groups excluding carboxylic acids is 3. The standard InChI is InChI=1S/C16H22O8/c1-5-6-20-9-15-16(23-12(4)19)14(22-11(3)18)7-13(24-15)8-21-10(2)17/h1,13-16H,6-9H2,2-4H3. The fourth-order valence-corrected chi connectivity index (χ4v) is 2.37. The molecule has 8 heteroatoms. The van der Waals surface area contributed by atoms with Crippen LogP contribution in [-0.2, 0) is 38.1 Å². The van der Waals surface area contributed by atoms with Crippen LogP contribution in [0.5, 0.6) is 0 Å². The molecule has 1 fully saturated rings. The Labute approximate surface area is 140 Å². The smallest absolute Gasteiger partial charge is 0.303 e. The monoisotopic (exact) mass is 342 g/mol. The van der Waals surface area contributed by atoms with E-state index in [0.29, 0.717) is 0 Å². The molecular formula is C16H22O8. The number of rotatable bonds is 7. The molecule has 134 valence electrons. The molecular weight excluding hydrogens is 320 g/mol. The van der Waals surface area contributed by atoms with Gasteiger partial charge in [0.1, 0.15) is 25.4 Å². The van der Waals surface area contributed by atoms with Crippen LogP contribution in [0.1, 0.15) is 27.2 Å². The lowest BCUT2D eigenvalue weighted by atomic mass is 9.97. The van der Waals surface area contributed by atoms with Crippen molar-refractivity contribution >= 4 is 17.9 Å². The van der Waals surface area contributed by atoms with Gasteiger partial charge in [-0.15, -0.1) is 6.42 Å². The zero-order chi connectivity index (χ0) is 18.1. The minimum atomic E-state index is -0.835. The summed E-state index contributed by atoms with van der Waals surface area (Å²) in [7, 11) is 0. The molecule has 1 saturated heterocycles. The number of hydrogen-bond acceptors (Lipinski definition) is 8. The topological polar surface area (TPSA) is 97.4 Å². The zero-order valence-corrected chi connectivity index (χ0v) is 14.0. The number of ether oxygens (including phenoxy) is 5. The zero-order valence-electron chi connectivity index (χ0n) is 14.0. The molecule has 1 aliphatic rings. The van der Waals surface area contributed by atoms with E-state index in [4.69, 9.17) is 30.1 Å². The third-order valence-electron chi connectivity index (χ3n) is 3.15. The molecule has 4 atom stereocenters. The van der Waals surface area contributed by atoms with Gasteiger partial charge in [0, 0.05) is 27.2 Å². The molecule has 0 aliphatic carbocycles. The van der Waals surface area contributed by atoms with E-state index in [1.807, 2.05) is 0 Å². The lowest BCUT2D eigenvalue weighted by Crippen LogP contribution is -2.54. The van der Waals surface area contributed by atoms with Gasteiger partial charge in [-0.2, -0.15) is 0 Å². The molecule has 1 heterocycles. The second-order valence-corrected chi connectivity index (χ2v) is 5.28. The Morgan fingerprint density at radius 2 is 1.75 bits per heavy atom. The Hall–Kier alpha value is -2.11. The molecule has 0 bridgehead atoms. The Kier molecular flexibility index (Phi) is 8.22. The van der Waals surface area contributed by atoms with Crippen molar-refractivity contribution in [3.63, 3.8) is 0 Å². The summed E-state index contributed by atoms with van der Waals surface area (Å²) in [5, 5.41) is 0. The normalized spacial score (nSPS) is 26.1.